The zero-order valence-electron chi connectivity index (χ0n) is 12.2. The van der Waals surface area contributed by atoms with E-state index in [1.54, 1.807) is 11.8 Å². The third-order valence-electron chi connectivity index (χ3n) is 2.95. The second-order valence-electron chi connectivity index (χ2n) is 5.31. The predicted molar refractivity (Wildman–Crippen MR) is 96.3 cm³/mol. The first-order valence-corrected chi connectivity index (χ1v) is 8.96. The summed E-state index contributed by atoms with van der Waals surface area (Å²) >= 11 is 11.5. The monoisotopic (exact) mass is 383 g/mol. The molecule has 2 rings (SSSR count). The molecule has 112 valence electrons. The lowest BCUT2D eigenvalue weighted by Gasteiger charge is -2.13. The van der Waals surface area contributed by atoms with E-state index in [2.05, 4.69) is 59.4 Å². The van der Waals surface area contributed by atoms with Crippen LogP contribution in [-0.2, 0) is 6.54 Å². The zero-order valence-corrected chi connectivity index (χ0v) is 15.4. The van der Waals surface area contributed by atoms with Crippen molar-refractivity contribution in [2.45, 2.75) is 30.2 Å². The van der Waals surface area contributed by atoms with Gasteiger partial charge >= 0.3 is 0 Å². The molecular formula is C17H19BrClNS. The van der Waals surface area contributed by atoms with Crippen LogP contribution in [0.4, 0.5) is 0 Å². The zero-order chi connectivity index (χ0) is 15.2. The minimum Gasteiger partial charge on any atom is -0.312 e. The summed E-state index contributed by atoms with van der Waals surface area (Å²) in [5, 5.41) is 4.29. The van der Waals surface area contributed by atoms with Gasteiger partial charge in [-0.1, -0.05) is 71.3 Å². The maximum atomic E-state index is 6.26. The van der Waals surface area contributed by atoms with Crippen LogP contribution < -0.4 is 5.32 Å². The summed E-state index contributed by atoms with van der Waals surface area (Å²) in [4.78, 5) is 2.32. The van der Waals surface area contributed by atoms with E-state index < -0.39 is 0 Å². The lowest BCUT2D eigenvalue weighted by molar-refractivity contribution is 0.550. The van der Waals surface area contributed by atoms with Crippen molar-refractivity contribution in [1.29, 1.82) is 0 Å². The molecule has 0 aliphatic heterocycles. The second-order valence-corrected chi connectivity index (χ2v) is 7.72. The molecule has 0 aliphatic rings. The van der Waals surface area contributed by atoms with Gasteiger partial charge in [0.25, 0.3) is 0 Å². The van der Waals surface area contributed by atoms with Gasteiger partial charge in [-0.3, -0.25) is 0 Å². The van der Waals surface area contributed by atoms with Crippen LogP contribution in [0.15, 0.2) is 56.7 Å². The molecule has 0 saturated carbocycles. The highest BCUT2D eigenvalue weighted by Crippen LogP contribution is 2.36. The Morgan fingerprint density at radius 3 is 2.62 bits per heavy atom. The standard InChI is InChI=1S/C17H19BrClNS/c1-12(2)10-20-11-13-7-8-14(18)9-17(13)21-16-6-4-3-5-15(16)19/h3-9,12,20H,10-11H2,1-2H3. The molecule has 1 N–H and O–H groups in total. The first-order chi connectivity index (χ1) is 10.1. The molecule has 0 aliphatic carbocycles. The van der Waals surface area contributed by atoms with E-state index in [1.165, 1.54) is 10.5 Å². The first kappa shape index (κ1) is 16.9. The van der Waals surface area contributed by atoms with Crippen molar-refractivity contribution in [3.05, 3.63) is 57.5 Å². The molecule has 21 heavy (non-hydrogen) atoms. The summed E-state index contributed by atoms with van der Waals surface area (Å²) in [6, 6.07) is 14.4. The van der Waals surface area contributed by atoms with E-state index in [-0.39, 0.29) is 0 Å². The number of rotatable bonds is 6. The number of hydrogen-bond donors (Lipinski definition) is 1. The Morgan fingerprint density at radius 2 is 1.90 bits per heavy atom. The van der Waals surface area contributed by atoms with Crippen LogP contribution >= 0.6 is 39.3 Å². The number of halogens is 2. The smallest absolute Gasteiger partial charge is 0.0545 e. The summed E-state index contributed by atoms with van der Waals surface area (Å²) in [6.45, 7) is 6.33. The molecule has 1 nitrogen and oxygen atoms in total. The average Bonchev–Trinajstić information content (AvgIpc) is 2.43. The molecule has 2 aromatic rings. The Kier molecular flexibility index (Phi) is 6.62. The van der Waals surface area contributed by atoms with Crippen LogP contribution in [0, 0.1) is 5.92 Å². The third kappa shape index (κ3) is 5.33. The minimum atomic E-state index is 0.653. The summed E-state index contributed by atoms with van der Waals surface area (Å²) in [7, 11) is 0. The topological polar surface area (TPSA) is 12.0 Å². The molecule has 0 unspecified atom stereocenters. The fraction of sp³-hybridized carbons (Fsp3) is 0.294. The van der Waals surface area contributed by atoms with Crippen LogP contribution in [0.25, 0.3) is 0 Å². The van der Waals surface area contributed by atoms with Crippen molar-refractivity contribution in [2.75, 3.05) is 6.54 Å². The largest absolute Gasteiger partial charge is 0.312 e. The predicted octanol–water partition coefficient (Wildman–Crippen LogP) is 6.00. The number of hydrogen-bond acceptors (Lipinski definition) is 2. The maximum absolute atomic E-state index is 6.26. The Labute approximate surface area is 144 Å². The van der Waals surface area contributed by atoms with Gasteiger partial charge in [-0.05, 0) is 42.3 Å². The highest BCUT2D eigenvalue weighted by molar-refractivity contribution is 9.10. The normalized spacial score (nSPS) is 11.1. The van der Waals surface area contributed by atoms with Gasteiger partial charge in [0, 0.05) is 20.8 Å². The van der Waals surface area contributed by atoms with Crippen LogP contribution in [-0.4, -0.2) is 6.54 Å². The lowest BCUT2D eigenvalue weighted by atomic mass is 10.2. The quantitative estimate of drug-likeness (QED) is 0.655. The fourth-order valence-electron chi connectivity index (χ4n) is 1.91. The fourth-order valence-corrected chi connectivity index (χ4v) is 3.68. The van der Waals surface area contributed by atoms with E-state index in [0.29, 0.717) is 5.92 Å². The Hall–Kier alpha value is -0.480. The van der Waals surface area contributed by atoms with Gasteiger partial charge in [0.2, 0.25) is 0 Å². The van der Waals surface area contributed by atoms with Crippen molar-refractivity contribution < 1.29 is 0 Å². The van der Waals surface area contributed by atoms with E-state index in [4.69, 9.17) is 11.6 Å². The van der Waals surface area contributed by atoms with Gasteiger partial charge in [0.15, 0.2) is 0 Å². The maximum Gasteiger partial charge on any atom is 0.0545 e. The number of nitrogens with one attached hydrogen (secondary N) is 1. The molecule has 0 aromatic heterocycles. The van der Waals surface area contributed by atoms with Crippen LogP contribution in [0.5, 0.6) is 0 Å². The molecule has 0 fully saturated rings. The van der Waals surface area contributed by atoms with Gasteiger partial charge in [-0.15, -0.1) is 0 Å². The van der Waals surface area contributed by atoms with Crippen molar-refractivity contribution in [2.24, 2.45) is 5.92 Å². The van der Waals surface area contributed by atoms with Crippen molar-refractivity contribution in [3.8, 4) is 0 Å². The molecule has 0 heterocycles. The van der Waals surface area contributed by atoms with Crippen molar-refractivity contribution in [3.63, 3.8) is 0 Å². The Balaban J connectivity index is 2.17. The van der Waals surface area contributed by atoms with E-state index >= 15 is 0 Å². The van der Waals surface area contributed by atoms with Crippen LogP contribution in [0.2, 0.25) is 5.02 Å². The van der Waals surface area contributed by atoms with Gasteiger partial charge in [-0.25, -0.2) is 0 Å². The van der Waals surface area contributed by atoms with Gasteiger partial charge in [-0.2, -0.15) is 0 Å². The lowest BCUT2D eigenvalue weighted by Crippen LogP contribution is -2.19. The molecule has 0 saturated heterocycles. The second kappa shape index (κ2) is 8.23. The molecule has 2 aromatic carbocycles. The molecule has 0 amide bonds. The van der Waals surface area contributed by atoms with Gasteiger partial charge in [0.1, 0.15) is 0 Å². The van der Waals surface area contributed by atoms with E-state index in [1.807, 2.05) is 18.2 Å². The first-order valence-electron chi connectivity index (χ1n) is 6.98. The summed E-state index contributed by atoms with van der Waals surface area (Å²) in [6.07, 6.45) is 0. The SMILES string of the molecule is CC(C)CNCc1ccc(Br)cc1Sc1ccccc1Cl. The third-order valence-corrected chi connectivity index (χ3v) is 5.06. The highest BCUT2D eigenvalue weighted by Gasteiger charge is 2.08. The van der Waals surface area contributed by atoms with E-state index in [9.17, 15) is 0 Å². The Morgan fingerprint density at radius 1 is 1.14 bits per heavy atom. The number of benzene rings is 2. The molecule has 0 bridgehead atoms. The summed E-state index contributed by atoms with van der Waals surface area (Å²) < 4.78 is 1.09. The highest BCUT2D eigenvalue weighted by atomic mass is 79.9. The van der Waals surface area contributed by atoms with Crippen molar-refractivity contribution >= 4 is 39.3 Å². The summed E-state index contributed by atoms with van der Waals surface area (Å²) in [5.74, 6) is 0.653. The van der Waals surface area contributed by atoms with Crippen LogP contribution in [0.1, 0.15) is 19.4 Å². The van der Waals surface area contributed by atoms with Gasteiger partial charge < -0.3 is 5.32 Å². The van der Waals surface area contributed by atoms with E-state index in [0.717, 1.165) is 27.5 Å². The molecule has 0 radical (unpaired) electrons. The average molecular weight is 385 g/mol. The Bertz CT molecular complexity index is 601. The molecule has 0 spiro atoms. The summed E-state index contributed by atoms with van der Waals surface area (Å²) in [5.41, 5.74) is 1.30. The van der Waals surface area contributed by atoms with Crippen molar-refractivity contribution in [1.82, 2.24) is 5.32 Å². The minimum absolute atomic E-state index is 0.653. The molecule has 0 atom stereocenters. The molecular weight excluding hydrogens is 366 g/mol. The molecule has 4 heteroatoms. The van der Waals surface area contributed by atoms with Gasteiger partial charge in [0.05, 0.1) is 5.02 Å². The van der Waals surface area contributed by atoms with Crippen LogP contribution in [0.3, 0.4) is 0 Å².